The number of hydrogen-bond donors (Lipinski definition) is 3. The van der Waals surface area contributed by atoms with E-state index in [1.54, 1.807) is 6.07 Å². The maximum Gasteiger partial charge on any atom is 0.251 e. The van der Waals surface area contributed by atoms with E-state index in [0.29, 0.717) is 18.7 Å². The van der Waals surface area contributed by atoms with Gasteiger partial charge in [-0.05, 0) is 55.7 Å². The average Bonchev–Trinajstić information content (AvgIpc) is 2.60. The fourth-order valence-electron chi connectivity index (χ4n) is 2.55. The lowest BCUT2D eigenvalue weighted by atomic mass is 10.1. The smallest absolute Gasteiger partial charge is 0.251 e. The van der Waals surface area contributed by atoms with E-state index < -0.39 is 0 Å². The topological polar surface area (TPSA) is 70.6 Å². The van der Waals surface area contributed by atoms with Crippen LogP contribution in [0.4, 0.5) is 5.69 Å². The minimum atomic E-state index is -0.179. The third-order valence-corrected chi connectivity index (χ3v) is 3.99. The molecule has 0 aliphatic heterocycles. The Bertz CT molecular complexity index is 729. The van der Waals surface area contributed by atoms with Crippen LogP contribution in [-0.4, -0.2) is 37.3 Å². The van der Waals surface area contributed by atoms with Crippen molar-refractivity contribution in [1.82, 2.24) is 5.32 Å². The number of ether oxygens (including phenoxy) is 1. The van der Waals surface area contributed by atoms with Crippen molar-refractivity contribution < 1.29 is 14.6 Å². The number of rotatable bonds is 8. The number of aliphatic hydroxyl groups is 1. The van der Waals surface area contributed by atoms with Gasteiger partial charge in [-0.2, -0.15) is 0 Å². The van der Waals surface area contributed by atoms with Gasteiger partial charge < -0.3 is 20.5 Å². The Morgan fingerprint density at radius 3 is 2.68 bits per heavy atom. The minimum Gasteiger partial charge on any atom is -0.491 e. The number of aliphatic hydroxyl groups excluding tert-OH is 1. The quantitative estimate of drug-likeness (QED) is 0.645. The zero-order valence-corrected chi connectivity index (χ0v) is 15.1. The van der Waals surface area contributed by atoms with Crippen LogP contribution in [0.3, 0.4) is 0 Å². The molecule has 0 aliphatic rings. The molecule has 0 saturated carbocycles. The van der Waals surface area contributed by atoms with Crippen molar-refractivity contribution in [3.63, 3.8) is 0 Å². The molecule has 25 heavy (non-hydrogen) atoms. The second-order valence-electron chi connectivity index (χ2n) is 6.00. The van der Waals surface area contributed by atoms with Gasteiger partial charge in [-0.3, -0.25) is 4.79 Å². The zero-order valence-electron chi connectivity index (χ0n) is 15.1. The number of carbonyl (C=O) groups is 1. The van der Waals surface area contributed by atoms with Crippen molar-refractivity contribution >= 4 is 11.6 Å². The minimum absolute atomic E-state index is 0.0710. The summed E-state index contributed by atoms with van der Waals surface area (Å²) in [6.07, 6.45) is 0. The Morgan fingerprint density at radius 1 is 1.12 bits per heavy atom. The summed E-state index contributed by atoms with van der Waals surface area (Å²) < 4.78 is 5.84. The molecule has 0 unspecified atom stereocenters. The first-order valence-electron chi connectivity index (χ1n) is 8.45. The van der Waals surface area contributed by atoms with E-state index in [1.165, 1.54) is 5.56 Å². The van der Waals surface area contributed by atoms with Gasteiger partial charge in [-0.25, -0.2) is 0 Å². The van der Waals surface area contributed by atoms with Crippen molar-refractivity contribution in [3.8, 4) is 5.75 Å². The molecule has 0 aliphatic carbocycles. The molecule has 0 aromatic heterocycles. The van der Waals surface area contributed by atoms with E-state index in [0.717, 1.165) is 22.6 Å². The first kappa shape index (κ1) is 18.8. The standard InChI is InChI=1S/C20H26N2O3/c1-14-7-8-15(2)19(13-14)25-12-10-21-18-6-4-5-17(16(18)3)20(24)22-9-11-23/h4-8,13,21,23H,9-12H2,1-3H3,(H,22,24). The summed E-state index contributed by atoms with van der Waals surface area (Å²) in [5, 5.41) is 14.8. The molecule has 3 N–H and O–H groups in total. The van der Waals surface area contributed by atoms with E-state index >= 15 is 0 Å². The van der Waals surface area contributed by atoms with Gasteiger partial charge in [0, 0.05) is 24.3 Å². The van der Waals surface area contributed by atoms with Crippen LogP contribution < -0.4 is 15.4 Å². The van der Waals surface area contributed by atoms with Crippen LogP contribution in [0.1, 0.15) is 27.0 Å². The summed E-state index contributed by atoms with van der Waals surface area (Å²) >= 11 is 0. The van der Waals surface area contributed by atoms with Gasteiger partial charge in [-0.15, -0.1) is 0 Å². The predicted octanol–water partition coefficient (Wildman–Crippen LogP) is 2.82. The number of carbonyl (C=O) groups excluding carboxylic acids is 1. The van der Waals surface area contributed by atoms with Gasteiger partial charge in [0.1, 0.15) is 12.4 Å². The normalized spacial score (nSPS) is 10.4. The summed E-state index contributed by atoms with van der Waals surface area (Å²) in [6.45, 7) is 7.32. The van der Waals surface area contributed by atoms with Crippen molar-refractivity contribution in [2.45, 2.75) is 20.8 Å². The Kier molecular flexibility index (Phi) is 6.83. The molecule has 0 heterocycles. The molecule has 0 radical (unpaired) electrons. The van der Waals surface area contributed by atoms with Gasteiger partial charge in [0.05, 0.1) is 6.61 Å². The maximum absolute atomic E-state index is 12.1. The summed E-state index contributed by atoms with van der Waals surface area (Å²) in [6, 6.07) is 11.7. The van der Waals surface area contributed by atoms with E-state index in [-0.39, 0.29) is 19.1 Å². The van der Waals surface area contributed by atoms with Crippen LogP contribution in [0.25, 0.3) is 0 Å². The Balaban J connectivity index is 1.92. The predicted molar refractivity (Wildman–Crippen MR) is 100 cm³/mol. The number of nitrogens with one attached hydrogen (secondary N) is 2. The SMILES string of the molecule is Cc1ccc(C)c(OCCNc2cccc(C(=O)NCCO)c2C)c1. The molecule has 0 saturated heterocycles. The van der Waals surface area contributed by atoms with Crippen molar-refractivity contribution in [2.24, 2.45) is 0 Å². The van der Waals surface area contributed by atoms with Gasteiger partial charge in [0.25, 0.3) is 5.91 Å². The third-order valence-electron chi connectivity index (χ3n) is 3.99. The molecule has 2 aromatic rings. The summed E-state index contributed by atoms with van der Waals surface area (Å²) in [5.74, 6) is 0.720. The molecule has 2 rings (SSSR count). The van der Waals surface area contributed by atoms with Crippen molar-refractivity contribution in [3.05, 3.63) is 58.7 Å². The molecule has 5 nitrogen and oxygen atoms in total. The highest BCUT2D eigenvalue weighted by Gasteiger charge is 2.11. The monoisotopic (exact) mass is 342 g/mol. The highest BCUT2D eigenvalue weighted by Crippen LogP contribution is 2.20. The van der Waals surface area contributed by atoms with Crippen molar-refractivity contribution in [1.29, 1.82) is 0 Å². The lowest BCUT2D eigenvalue weighted by Gasteiger charge is -2.14. The number of hydrogen-bond acceptors (Lipinski definition) is 4. The van der Waals surface area contributed by atoms with Crippen LogP contribution in [0.15, 0.2) is 36.4 Å². The van der Waals surface area contributed by atoms with Gasteiger partial charge in [-0.1, -0.05) is 18.2 Å². The van der Waals surface area contributed by atoms with E-state index in [1.807, 2.05) is 39.0 Å². The van der Waals surface area contributed by atoms with Crippen LogP contribution >= 0.6 is 0 Å². The molecular weight excluding hydrogens is 316 g/mol. The van der Waals surface area contributed by atoms with Crippen LogP contribution in [0.5, 0.6) is 5.75 Å². The van der Waals surface area contributed by atoms with E-state index in [9.17, 15) is 4.79 Å². The Morgan fingerprint density at radius 2 is 1.92 bits per heavy atom. The molecule has 0 atom stereocenters. The van der Waals surface area contributed by atoms with E-state index in [2.05, 4.69) is 22.8 Å². The maximum atomic E-state index is 12.1. The molecule has 2 aromatic carbocycles. The molecule has 1 amide bonds. The Labute approximate surface area is 149 Å². The molecule has 0 bridgehead atoms. The van der Waals surface area contributed by atoms with Gasteiger partial charge in [0.15, 0.2) is 0 Å². The fourth-order valence-corrected chi connectivity index (χ4v) is 2.55. The molecule has 134 valence electrons. The number of anilines is 1. The van der Waals surface area contributed by atoms with Gasteiger partial charge in [0.2, 0.25) is 0 Å². The first-order valence-corrected chi connectivity index (χ1v) is 8.45. The number of amides is 1. The molecule has 5 heteroatoms. The molecular formula is C20H26N2O3. The zero-order chi connectivity index (χ0) is 18.2. The number of aryl methyl sites for hydroxylation is 2. The van der Waals surface area contributed by atoms with Crippen LogP contribution in [0.2, 0.25) is 0 Å². The van der Waals surface area contributed by atoms with E-state index in [4.69, 9.17) is 9.84 Å². The highest BCUT2D eigenvalue weighted by atomic mass is 16.5. The summed E-state index contributed by atoms with van der Waals surface area (Å²) in [4.78, 5) is 12.1. The largest absolute Gasteiger partial charge is 0.491 e. The fraction of sp³-hybridized carbons (Fsp3) is 0.350. The highest BCUT2D eigenvalue weighted by molar-refractivity contribution is 5.97. The van der Waals surface area contributed by atoms with Crippen molar-refractivity contribution in [2.75, 3.05) is 31.6 Å². The molecule has 0 spiro atoms. The second-order valence-corrected chi connectivity index (χ2v) is 6.00. The van der Waals surface area contributed by atoms with Crippen LogP contribution in [-0.2, 0) is 0 Å². The average molecular weight is 342 g/mol. The number of benzene rings is 2. The lowest BCUT2D eigenvalue weighted by Crippen LogP contribution is -2.27. The van der Waals surface area contributed by atoms with Gasteiger partial charge >= 0.3 is 0 Å². The first-order chi connectivity index (χ1) is 12.0. The lowest BCUT2D eigenvalue weighted by molar-refractivity contribution is 0.0944. The summed E-state index contributed by atoms with van der Waals surface area (Å²) in [5.41, 5.74) is 4.68. The second kappa shape index (κ2) is 9.08. The third kappa shape index (κ3) is 5.22. The molecule has 0 fully saturated rings. The Hall–Kier alpha value is -2.53. The summed E-state index contributed by atoms with van der Waals surface area (Å²) in [7, 11) is 0. The van der Waals surface area contributed by atoms with Crippen LogP contribution in [0, 0.1) is 20.8 Å².